The summed E-state index contributed by atoms with van der Waals surface area (Å²) in [6, 6.07) is 11.3. The molecule has 1 N–H and O–H groups in total. The number of carbonyl (C=O) groups excluding carboxylic acids is 1. The molecule has 0 radical (unpaired) electrons. The minimum Gasteiger partial charge on any atom is -0.486 e. The van der Waals surface area contributed by atoms with Crippen LogP contribution in [-0.2, 0) is 11.8 Å². The Hall–Kier alpha value is -3.07. The molecule has 1 aromatic heterocycles. The summed E-state index contributed by atoms with van der Waals surface area (Å²) in [5.41, 5.74) is 1.39. The van der Waals surface area contributed by atoms with Crippen molar-refractivity contribution in [3.63, 3.8) is 0 Å². The largest absolute Gasteiger partial charge is 0.486 e. The number of anilines is 1. The monoisotopic (exact) mass is 414 g/mol. The van der Waals surface area contributed by atoms with Gasteiger partial charge in [0.15, 0.2) is 22.5 Å². The number of halogens is 1. The standard InChI is InChI=1S/C20H19FN4O3S/c1-12(19(26)22-15-7-8-16-17(11-15)28-10-9-27-16)29-20-24-23-18(25(20)2)13-3-5-14(21)6-4-13/h3-8,11-12H,9-10H2,1-2H3,(H,22,26)/t12-/m1/s1. The number of nitrogens with zero attached hydrogens (tertiary/aromatic N) is 3. The van der Waals surface area contributed by atoms with E-state index in [1.54, 1.807) is 41.8 Å². The number of nitrogens with one attached hydrogen (secondary N) is 1. The second-order valence-corrected chi connectivity index (χ2v) is 7.79. The van der Waals surface area contributed by atoms with Crippen molar-refractivity contribution in [2.75, 3.05) is 18.5 Å². The zero-order chi connectivity index (χ0) is 20.4. The van der Waals surface area contributed by atoms with Gasteiger partial charge in [-0.3, -0.25) is 4.79 Å². The molecule has 0 spiro atoms. The number of rotatable bonds is 5. The third-order valence-corrected chi connectivity index (χ3v) is 5.53. The maximum Gasteiger partial charge on any atom is 0.237 e. The second kappa shape index (κ2) is 8.12. The second-order valence-electron chi connectivity index (χ2n) is 6.48. The normalized spacial score (nSPS) is 13.8. The lowest BCUT2D eigenvalue weighted by Gasteiger charge is -2.19. The number of carbonyl (C=O) groups is 1. The lowest BCUT2D eigenvalue weighted by molar-refractivity contribution is -0.115. The quantitative estimate of drug-likeness (QED) is 0.644. The van der Waals surface area contributed by atoms with Crippen molar-refractivity contribution in [3.8, 4) is 22.9 Å². The van der Waals surface area contributed by atoms with E-state index in [4.69, 9.17) is 9.47 Å². The van der Waals surface area contributed by atoms with E-state index in [9.17, 15) is 9.18 Å². The molecule has 7 nitrogen and oxygen atoms in total. The highest BCUT2D eigenvalue weighted by molar-refractivity contribution is 8.00. The van der Waals surface area contributed by atoms with E-state index in [1.807, 2.05) is 7.05 Å². The molecular formula is C20H19FN4O3S. The van der Waals surface area contributed by atoms with Crippen molar-refractivity contribution >= 4 is 23.4 Å². The zero-order valence-electron chi connectivity index (χ0n) is 15.9. The summed E-state index contributed by atoms with van der Waals surface area (Å²) in [4.78, 5) is 12.6. The molecule has 0 bridgehead atoms. The molecule has 9 heteroatoms. The summed E-state index contributed by atoms with van der Waals surface area (Å²) < 4.78 is 25.9. The van der Waals surface area contributed by atoms with Gasteiger partial charge >= 0.3 is 0 Å². The van der Waals surface area contributed by atoms with E-state index in [-0.39, 0.29) is 11.7 Å². The van der Waals surface area contributed by atoms with E-state index in [2.05, 4.69) is 15.5 Å². The summed E-state index contributed by atoms with van der Waals surface area (Å²) in [5, 5.41) is 11.4. The van der Waals surface area contributed by atoms with Gasteiger partial charge < -0.3 is 19.4 Å². The van der Waals surface area contributed by atoms with Gasteiger partial charge in [-0.15, -0.1) is 10.2 Å². The van der Waals surface area contributed by atoms with E-state index in [1.165, 1.54) is 23.9 Å². The van der Waals surface area contributed by atoms with Crippen LogP contribution in [0.5, 0.6) is 11.5 Å². The van der Waals surface area contributed by atoms with Gasteiger partial charge in [-0.2, -0.15) is 0 Å². The fourth-order valence-corrected chi connectivity index (χ4v) is 3.66. The van der Waals surface area contributed by atoms with Crippen LogP contribution in [0.4, 0.5) is 10.1 Å². The first-order chi connectivity index (χ1) is 14.0. The van der Waals surface area contributed by atoms with Crippen molar-refractivity contribution in [2.45, 2.75) is 17.3 Å². The van der Waals surface area contributed by atoms with E-state index in [0.717, 1.165) is 5.56 Å². The fourth-order valence-electron chi connectivity index (χ4n) is 2.84. The molecule has 4 rings (SSSR count). The Morgan fingerprint density at radius 1 is 1.14 bits per heavy atom. The third-order valence-electron chi connectivity index (χ3n) is 4.40. The lowest BCUT2D eigenvalue weighted by Crippen LogP contribution is -2.23. The van der Waals surface area contributed by atoms with E-state index in [0.29, 0.717) is 41.4 Å². The molecule has 0 saturated heterocycles. The Morgan fingerprint density at radius 3 is 2.62 bits per heavy atom. The average Bonchev–Trinajstić information content (AvgIpc) is 3.08. The number of ether oxygens (including phenoxy) is 2. The van der Waals surface area contributed by atoms with Crippen LogP contribution in [0.2, 0.25) is 0 Å². The number of aromatic nitrogens is 3. The molecule has 3 aromatic rings. The molecule has 0 fully saturated rings. The average molecular weight is 414 g/mol. The molecule has 2 heterocycles. The predicted molar refractivity (Wildman–Crippen MR) is 108 cm³/mol. The summed E-state index contributed by atoms with van der Waals surface area (Å²) in [5.74, 6) is 1.41. The minimum atomic E-state index is -0.410. The topological polar surface area (TPSA) is 78.3 Å². The number of hydrogen-bond acceptors (Lipinski definition) is 6. The van der Waals surface area contributed by atoms with Crippen LogP contribution in [0.25, 0.3) is 11.4 Å². The van der Waals surface area contributed by atoms with Crippen LogP contribution in [-0.4, -0.2) is 39.1 Å². The van der Waals surface area contributed by atoms with Gasteiger partial charge in [-0.1, -0.05) is 11.8 Å². The highest BCUT2D eigenvalue weighted by Gasteiger charge is 2.20. The Balaban J connectivity index is 1.43. The van der Waals surface area contributed by atoms with Crippen LogP contribution < -0.4 is 14.8 Å². The molecule has 1 aliphatic heterocycles. The van der Waals surface area contributed by atoms with Gasteiger partial charge in [0.05, 0.1) is 5.25 Å². The predicted octanol–water partition coefficient (Wildman–Crippen LogP) is 3.51. The molecule has 1 aliphatic rings. The molecule has 0 unspecified atom stereocenters. The van der Waals surface area contributed by atoms with Crippen LogP contribution in [0.3, 0.4) is 0 Å². The van der Waals surface area contributed by atoms with Crippen LogP contribution in [0.1, 0.15) is 6.92 Å². The number of amides is 1. The first-order valence-electron chi connectivity index (χ1n) is 9.04. The van der Waals surface area contributed by atoms with Gasteiger partial charge in [0.1, 0.15) is 19.0 Å². The molecule has 0 aliphatic carbocycles. The summed E-state index contributed by atoms with van der Waals surface area (Å²) in [6.45, 7) is 2.80. The minimum absolute atomic E-state index is 0.169. The van der Waals surface area contributed by atoms with Gasteiger partial charge in [0.25, 0.3) is 0 Å². The Morgan fingerprint density at radius 2 is 1.86 bits per heavy atom. The van der Waals surface area contributed by atoms with Crippen molar-refractivity contribution in [1.82, 2.24) is 14.8 Å². The molecule has 1 atom stereocenters. The highest BCUT2D eigenvalue weighted by atomic mass is 32.2. The third kappa shape index (κ3) is 4.19. The maximum atomic E-state index is 13.1. The molecule has 2 aromatic carbocycles. The number of fused-ring (bicyclic) bond motifs is 1. The molecular weight excluding hydrogens is 395 g/mol. The fraction of sp³-hybridized carbons (Fsp3) is 0.250. The van der Waals surface area contributed by atoms with Gasteiger partial charge in [-0.05, 0) is 43.3 Å². The number of thioether (sulfide) groups is 1. The van der Waals surface area contributed by atoms with Crippen molar-refractivity contribution in [2.24, 2.45) is 7.05 Å². The van der Waals surface area contributed by atoms with Crippen LogP contribution >= 0.6 is 11.8 Å². The Kier molecular flexibility index (Phi) is 5.39. The first-order valence-corrected chi connectivity index (χ1v) is 9.92. The highest BCUT2D eigenvalue weighted by Crippen LogP contribution is 2.33. The van der Waals surface area contributed by atoms with Gasteiger partial charge in [0, 0.05) is 24.4 Å². The van der Waals surface area contributed by atoms with Crippen molar-refractivity contribution in [3.05, 3.63) is 48.3 Å². The number of benzene rings is 2. The number of hydrogen-bond donors (Lipinski definition) is 1. The summed E-state index contributed by atoms with van der Waals surface area (Å²) in [6.07, 6.45) is 0. The summed E-state index contributed by atoms with van der Waals surface area (Å²) in [7, 11) is 1.81. The van der Waals surface area contributed by atoms with E-state index < -0.39 is 5.25 Å². The molecule has 0 saturated carbocycles. The molecule has 1 amide bonds. The molecule has 29 heavy (non-hydrogen) atoms. The maximum absolute atomic E-state index is 13.1. The van der Waals surface area contributed by atoms with Crippen molar-refractivity contribution in [1.29, 1.82) is 0 Å². The van der Waals surface area contributed by atoms with E-state index >= 15 is 0 Å². The first kappa shape index (κ1) is 19.3. The van der Waals surface area contributed by atoms with Crippen LogP contribution in [0.15, 0.2) is 47.6 Å². The Bertz CT molecular complexity index is 1040. The van der Waals surface area contributed by atoms with Gasteiger partial charge in [0.2, 0.25) is 5.91 Å². The SMILES string of the molecule is C[C@@H](Sc1nnc(-c2ccc(F)cc2)n1C)C(=O)Nc1ccc2c(c1)OCCO2. The Labute approximate surface area is 171 Å². The summed E-state index contributed by atoms with van der Waals surface area (Å²) >= 11 is 1.29. The molecule has 150 valence electrons. The smallest absolute Gasteiger partial charge is 0.237 e. The van der Waals surface area contributed by atoms with Gasteiger partial charge in [-0.25, -0.2) is 4.39 Å². The van der Waals surface area contributed by atoms with Crippen LogP contribution in [0, 0.1) is 5.82 Å². The zero-order valence-corrected chi connectivity index (χ0v) is 16.7. The van der Waals surface area contributed by atoms with Crippen molar-refractivity contribution < 1.29 is 18.7 Å². The lowest BCUT2D eigenvalue weighted by atomic mass is 10.2.